The molecule has 0 aromatic heterocycles. The normalized spacial score (nSPS) is 23.9. The summed E-state index contributed by atoms with van der Waals surface area (Å²) in [7, 11) is 0. The van der Waals surface area contributed by atoms with Crippen LogP contribution < -0.4 is 10.2 Å². The third-order valence-electron chi connectivity index (χ3n) is 3.43. The van der Waals surface area contributed by atoms with Crippen LogP contribution in [0.2, 0.25) is 0 Å². The summed E-state index contributed by atoms with van der Waals surface area (Å²) in [5, 5.41) is 3.31. The molecule has 0 radical (unpaired) electrons. The summed E-state index contributed by atoms with van der Waals surface area (Å²) in [5.41, 5.74) is 0.463. The van der Waals surface area contributed by atoms with Crippen LogP contribution in [0.25, 0.3) is 0 Å². The highest BCUT2D eigenvalue weighted by atomic mass is 79.9. The highest BCUT2D eigenvalue weighted by Crippen LogP contribution is 2.26. The van der Waals surface area contributed by atoms with Gasteiger partial charge in [0.2, 0.25) is 5.91 Å². The van der Waals surface area contributed by atoms with Crippen LogP contribution in [0.3, 0.4) is 0 Å². The average Bonchev–Trinajstić information content (AvgIpc) is 2.40. The molecular weight excluding hydrogens is 292 g/mol. The van der Waals surface area contributed by atoms with Crippen molar-refractivity contribution < 1.29 is 4.79 Å². The Morgan fingerprint density at radius 3 is 2.56 bits per heavy atom. The maximum atomic E-state index is 12.6. The Bertz CT molecular complexity index is 442. The number of nitrogens with zero attached hydrogens (tertiary/aromatic N) is 1. The van der Waals surface area contributed by atoms with E-state index in [9.17, 15) is 4.79 Å². The zero-order chi connectivity index (χ0) is 13.3. The van der Waals surface area contributed by atoms with Gasteiger partial charge >= 0.3 is 0 Å². The van der Waals surface area contributed by atoms with Crippen molar-refractivity contribution in [2.24, 2.45) is 0 Å². The predicted octanol–water partition coefficient (Wildman–Crippen LogP) is 2.94. The first-order valence-electron chi connectivity index (χ1n) is 6.26. The van der Waals surface area contributed by atoms with E-state index >= 15 is 0 Å². The zero-order valence-electron chi connectivity index (χ0n) is 11.0. The maximum Gasteiger partial charge on any atom is 0.246 e. The number of amides is 1. The number of rotatable bonds is 1. The first-order chi connectivity index (χ1) is 8.42. The van der Waals surface area contributed by atoms with Gasteiger partial charge in [0.05, 0.1) is 5.54 Å². The smallest absolute Gasteiger partial charge is 0.246 e. The fourth-order valence-corrected chi connectivity index (χ4v) is 2.54. The second-order valence-corrected chi connectivity index (χ2v) is 6.26. The molecule has 1 N–H and O–H groups in total. The lowest BCUT2D eigenvalue weighted by Crippen LogP contribution is -2.53. The number of halogens is 1. The Labute approximate surface area is 117 Å². The molecule has 1 saturated heterocycles. The lowest BCUT2D eigenvalue weighted by atomic mass is 10.0. The minimum Gasteiger partial charge on any atom is -0.308 e. The van der Waals surface area contributed by atoms with Crippen molar-refractivity contribution in [2.45, 2.75) is 38.8 Å². The molecule has 1 heterocycles. The van der Waals surface area contributed by atoms with Crippen molar-refractivity contribution in [1.82, 2.24) is 5.32 Å². The molecule has 1 aliphatic rings. The fraction of sp³-hybridized carbons (Fsp3) is 0.500. The number of hydrogen-bond donors (Lipinski definition) is 1. The van der Waals surface area contributed by atoms with E-state index in [1.165, 1.54) is 0 Å². The lowest BCUT2D eigenvalue weighted by molar-refractivity contribution is -0.123. The Balaban J connectivity index is 2.38. The molecule has 1 aromatic rings. The molecule has 0 saturated carbocycles. The molecule has 0 spiro atoms. The summed E-state index contributed by atoms with van der Waals surface area (Å²) in [6.45, 7) is 6.86. The third-order valence-corrected chi connectivity index (χ3v) is 3.96. The van der Waals surface area contributed by atoms with Crippen LogP contribution in [-0.2, 0) is 4.79 Å². The summed E-state index contributed by atoms with van der Waals surface area (Å²) in [6.07, 6.45) is 0.964. The van der Waals surface area contributed by atoms with E-state index in [1.807, 2.05) is 43.0 Å². The van der Waals surface area contributed by atoms with Crippen LogP contribution in [-0.4, -0.2) is 24.0 Å². The van der Waals surface area contributed by atoms with Crippen LogP contribution in [0.5, 0.6) is 0 Å². The predicted molar refractivity (Wildman–Crippen MR) is 77.8 cm³/mol. The Hall–Kier alpha value is -0.870. The van der Waals surface area contributed by atoms with E-state index in [2.05, 4.69) is 28.2 Å². The van der Waals surface area contributed by atoms with Gasteiger partial charge in [-0.2, -0.15) is 0 Å². The minimum absolute atomic E-state index is 0.134. The zero-order valence-corrected chi connectivity index (χ0v) is 12.6. The van der Waals surface area contributed by atoms with Crippen molar-refractivity contribution in [3.63, 3.8) is 0 Å². The monoisotopic (exact) mass is 310 g/mol. The van der Waals surface area contributed by atoms with Gasteiger partial charge in [0.15, 0.2) is 0 Å². The quantitative estimate of drug-likeness (QED) is 0.865. The fourth-order valence-electron chi connectivity index (χ4n) is 2.27. The molecule has 1 aliphatic heterocycles. The van der Waals surface area contributed by atoms with Gasteiger partial charge in [-0.25, -0.2) is 0 Å². The number of carbonyl (C=O) groups excluding carboxylic acids is 1. The third kappa shape index (κ3) is 2.59. The Morgan fingerprint density at radius 2 is 1.94 bits per heavy atom. The van der Waals surface area contributed by atoms with Crippen molar-refractivity contribution in [3.05, 3.63) is 28.7 Å². The molecule has 2 rings (SSSR count). The van der Waals surface area contributed by atoms with Crippen LogP contribution in [0.1, 0.15) is 27.2 Å². The number of nitrogens with one attached hydrogen (secondary N) is 1. The number of hydrogen-bond acceptors (Lipinski definition) is 2. The van der Waals surface area contributed by atoms with Crippen LogP contribution in [0.15, 0.2) is 28.7 Å². The molecule has 0 aliphatic carbocycles. The summed E-state index contributed by atoms with van der Waals surface area (Å²) in [5.74, 6) is 0.134. The van der Waals surface area contributed by atoms with Gasteiger partial charge in [-0.3, -0.25) is 4.79 Å². The van der Waals surface area contributed by atoms with Gasteiger partial charge in [0, 0.05) is 16.2 Å². The first-order valence-corrected chi connectivity index (χ1v) is 7.05. The first kappa shape index (κ1) is 13.6. The summed E-state index contributed by atoms with van der Waals surface area (Å²) in [4.78, 5) is 14.5. The molecule has 4 heteroatoms. The van der Waals surface area contributed by atoms with E-state index in [4.69, 9.17) is 0 Å². The van der Waals surface area contributed by atoms with Crippen LogP contribution in [0.4, 0.5) is 5.69 Å². The van der Waals surface area contributed by atoms with Gasteiger partial charge in [0.1, 0.15) is 0 Å². The summed E-state index contributed by atoms with van der Waals surface area (Å²) < 4.78 is 1.03. The molecule has 1 unspecified atom stereocenters. The summed E-state index contributed by atoms with van der Waals surface area (Å²) in [6, 6.07) is 8.13. The number of carbonyl (C=O) groups is 1. The Morgan fingerprint density at radius 1 is 1.33 bits per heavy atom. The van der Waals surface area contributed by atoms with Gasteiger partial charge < -0.3 is 10.2 Å². The van der Waals surface area contributed by atoms with Crippen LogP contribution >= 0.6 is 15.9 Å². The van der Waals surface area contributed by atoms with E-state index in [0.717, 1.165) is 23.1 Å². The van der Waals surface area contributed by atoms with Crippen molar-refractivity contribution >= 4 is 27.5 Å². The molecule has 0 bridgehead atoms. The molecule has 3 nitrogen and oxygen atoms in total. The van der Waals surface area contributed by atoms with E-state index in [0.29, 0.717) is 0 Å². The highest BCUT2D eigenvalue weighted by molar-refractivity contribution is 9.10. The molecule has 1 fully saturated rings. The SMILES string of the molecule is CC1CCNC(C)(C)C(=O)N1c1ccc(Br)cc1. The molecule has 1 atom stereocenters. The van der Waals surface area contributed by atoms with Crippen molar-refractivity contribution in [1.29, 1.82) is 0 Å². The number of anilines is 1. The van der Waals surface area contributed by atoms with Crippen molar-refractivity contribution in [3.8, 4) is 0 Å². The second kappa shape index (κ2) is 5.02. The maximum absolute atomic E-state index is 12.6. The largest absolute Gasteiger partial charge is 0.308 e. The molecule has 1 aromatic carbocycles. The summed E-state index contributed by atoms with van der Waals surface area (Å²) >= 11 is 3.42. The minimum atomic E-state index is -0.502. The van der Waals surface area contributed by atoms with E-state index in [-0.39, 0.29) is 11.9 Å². The van der Waals surface area contributed by atoms with Gasteiger partial charge in [-0.1, -0.05) is 15.9 Å². The van der Waals surface area contributed by atoms with Gasteiger partial charge in [-0.05, 0) is 58.0 Å². The van der Waals surface area contributed by atoms with Gasteiger partial charge in [-0.15, -0.1) is 0 Å². The Kier molecular flexibility index (Phi) is 3.78. The molecule has 18 heavy (non-hydrogen) atoms. The molecule has 98 valence electrons. The van der Waals surface area contributed by atoms with E-state index in [1.54, 1.807) is 0 Å². The standard InChI is InChI=1S/C14H19BrN2O/c1-10-8-9-16-14(2,3)13(18)17(10)12-6-4-11(15)5-7-12/h4-7,10,16H,8-9H2,1-3H3. The number of benzene rings is 1. The topological polar surface area (TPSA) is 32.3 Å². The van der Waals surface area contributed by atoms with Crippen LogP contribution in [0, 0.1) is 0 Å². The highest BCUT2D eigenvalue weighted by Gasteiger charge is 2.37. The average molecular weight is 311 g/mol. The molecule has 1 amide bonds. The second-order valence-electron chi connectivity index (χ2n) is 5.34. The molecular formula is C14H19BrN2O. The van der Waals surface area contributed by atoms with Crippen molar-refractivity contribution in [2.75, 3.05) is 11.4 Å². The van der Waals surface area contributed by atoms with E-state index < -0.39 is 5.54 Å². The lowest BCUT2D eigenvalue weighted by Gasteiger charge is -2.32. The van der Waals surface area contributed by atoms with Gasteiger partial charge in [0.25, 0.3) is 0 Å².